The zero-order valence-corrected chi connectivity index (χ0v) is 14.8. The van der Waals surface area contributed by atoms with Crippen molar-refractivity contribution >= 4 is 39.9 Å². The van der Waals surface area contributed by atoms with Crippen LogP contribution in [0.2, 0.25) is 10.0 Å². The minimum absolute atomic E-state index is 0.00606. The molecule has 0 bridgehead atoms. The highest BCUT2D eigenvalue weighted by Gasteiger charge is 2.14. The molecule has 2 aromatic carbocycles. The van der Waals surface area contributed by atoms with Gasteiger partial charge in [-0.2, -0.15) is 0 Å². The van der Waals surface area contributed by atoms with E-state index >= 15 is 0 Å². The molecule has 0 saturated carbocycles. The fraction of sp³-hybridized carbons (Fsp3) is 0.211. The molecule has 1 atom stereocenters. The third kappa shape index (κ3) is 3.64. The van der Waals surface area contributed by atoms with Crippen molar-refractivity contribution < 1.29 is 4.79 Å². The number of carbonyl (C=O) groups excluding carboxylic acids is 1. The lowest BCUT2D eigenvalue weighted by molar-refractivity contribution is -0.118. The molecule has 0 saturated heterocycles. The smallest absolute Gasteiger partial charge is 0.146 e. The van der Waals surface area contributed by atoms with Crippen LogP contribution in [0.25, 0.3) is 10.9 Å². The summed E-state index contributed by atoms with van der Waals surface area (Å²) in [5, 5.41) is 2.35. The van der Waals surface area contributed by atoms with Gasteiger partial charge in [-0.25, -0.2) is 0 Å². The monoisotopic (exact) mass is 360 g/mol. The van der Waals surface area contributed by atoms with Gasteiger partial charge in [0, 0.05) is 33.7 Å². The normalized spacial score (nSPS) is 12.5. The van der Waals surface area contributed by atoms with Crippen molar-refractivity contribution in [1.82, 2.24) is 4.57 Å². The Morgan fingerprint density at radius 2 is 1.83 bits per heavy atom. The van der Waals surface area contributed by atoms with Gasteiger partial charge in [0.15, 0.2) is 0 Å². The highest BCUT2D eigenvalue weighted by atomic mass is 35.5. The Morgan fingerprint density at radius 1 is 1.17 bits per heavy atom. The van der Waals surface area contributed by atoms with Crippen LogP contribution < -0.4 is 5.73 Å². The van der Waals surface area contributed by atoms with Gasteiger partial charge in [-0.3, -0.25) is 4.79 Å². The lowest BCUT2D eigenvalue weighted by Crippen LogP contribution is -2.30. The van der Waals surface area contributed by atoms with Gasteiger partial charge in [-0.1, -0.05) is 41.4 Å². The zero-order valence-electron chi connectivity index (χ0n) is 13.3. The summed E-state index contributed by atoms with van der Waals surface area (Å²) in [5.74, 6) is -0.00606. The number of carbonyl (C=O) groups is 1. The predicted molar refractivity (Wildman–Crippen MR) is 99.9 cm³/mol. The first-order chi connectivity index (χ1) is 11.4. The summed E-state index contributed by atoms with van der Waals surface area (Å²) in [5.41, 5.74) is 9.14. The van der Waals surface area contributed by atoms with Gasteiger partial charge >= 0.3 is 0 Å². The zero-order chi connectivity index (χ0) is 17.3. The van der Waals surface area contributed by atoms with Gasteiger partial charge in [0.25, 0.3) is 0 Å². The van der Waals surface area contributed by atoms with Gasteiger partial charge in [0.1, 0.15) is 5.78 Å². The highest BCUT2D eigenvalue weighted by molar-refractivity contribution is 6.34. The molecule has 3 aromatic rings. The van der Waals surface area contributed by atoms with Gasteiger partial charge in [-0.05, 0) is 48.7 Å². The quantitative estimate of drug-likeness (QED) is 0.730. The average molecular weight is 361 g/mol. The number of nitrogens with zero attached hydrogens (tertiary/aromatic N) is 1. The van der Waals surface area contributed by atoms with Crippen LogP contribution >= 0.6 is 23.2 Å². The van der Waals surface area contributed by atoms with Gasteiger partial charge < -0.3 is 10.3 Å². The predicted octanol–water partition coefficient (Wildman–Crippen LogP) is 4.46. The largest absolute Gasteiger partial charge is 0.343 e. The van der Waals surface area contributed by atoms with Crippen LogP contribution in [0.1, 0.15) is 18.1 Å². The van der Waals surface area contributed by atoms with Crippen LogP contribution in [-0.4, -0.2) is 16.4 Å². The molecular weight excluding hydrogens is 343 g/mol. The van der Waals surface area contributed by atoms with Crippen molar-refractivity contribution in [3.8, 4) is 0 Å². The van der Waals surface area contributed by atoms with Crippen molar-refractivity contribution in [1.29, 1.82) is 0 Å². The highest BCUT2D eigenvalue weighted by Crippen LogP contribution is 2.25. The Balaban J connectivity index is 2.00. The summed E-state index contributed by atoms with van der Waals surface area (Å²) in [6, 6.07) is 13.2. The minimum atomic E-state index is -0.482. The molecule has 2 N–H and O–H groups in total. The molecule has 1 heterocycles. The third-order valence-corrected chi connectivity index (χ3v) is 4.54. The van der Waals surface area contributed by atoms with E-state index in [1.54, 1.807) is 6.07 Å². The summed E-state index contributed by atoms with van der Waals surface area (Å²) < 4.78 is 2.14. The Morgan fingerprint density at radius 3 is 2.50 bits per heavy atom. The summed E-state index contributed by atoms with van der Waals surface area (Å²) in [6.07, 6.45) is 2.58. The maximum atomic E-state index is 11.5. The molecule has 24 heavy (non-hydrogen) atoms. The van der Waals surface area contributed by atoms with Crippen LogP contribution in [0, 0.1) is 0 Å². The SMILES string of the molecule is CC(=O)[C@@H](N)Cc1cn(Cc2cc(Cl)cc(Cl)c2)c2ccccc12. The molecule has 0 radical (unpaired) electrons. The van der Waals surface area contributed by atoms with Crippen molar-refractivity contribution in [2.24, 2.45) is 5.73 Å². The lowest BCUT2D eigenvalue weighted by Gasteiger charge is -2.07. The van der Waals surface area contributed by atoms with Crippen LogP contribution in [-0.2, 0) is 17.8 Å². The molecule has 3 rings (SSSR count). The van der Waals surface area contributed by atoms with E-state index in [2.05, 4.69) is 22.9 Å². The van der Waals surface area contributed by atoms with Crippen LogP contribution in [0.15, 0.2) is 48.7 Å². The third-order valence-electron chi connectivity index (χ3n) is 4.11. The first kappa shape index (κ1) is 17.0. The second-order valence-electron chi connectivity index (χ2n) is 6.00. The first-order valence-corrected chi connectivity index (χ1v) is 8.47. The number of nitrogens with two attached hydrogens (primary N) is 1. The Kier molecular flexibility index (Phi) is 4.95. The van der Waals surface area contributed by atoms with E-state index in [9.17, 15) is 4.79 Å². The lowest BCUT2D eigenvalue weighted by atomic mass is 10.0. The molecule has 0 unspecified atom stereocenters. The molecule has 124 valence electrons. The maximum absolute atomic E-state index is 11.5. The average Bonchev–Trinajstić information content (AvgIpc) is 2.84. The number of hydrogen-bond acceptors (Lipinski definition) is 2. The van der Waals surface area contributed by atoms with E-state index in [1.165, 1.54) is 6.92 Å². The van der Waals surface area contributed by atoms with E-state index in [0.29, 0.717) is 23.0 Å². The van der Waals surface area contributed by atoms with E-state index in [-0.39, 0.29) is 5.78 Å². The van der Waals surface area contributed by atoms with Crippen molar-refractivity contribution in [3.05, 3.63) is 69.8 Å². The fourth-order valence-corrected chi connectivity index (χ4v) is 3.47. The number of benzene rings is 2. The molecule has 0 aliphatic heterocycles. The summed E-state index contributed by atoms with van der Waals surface area (Å²) in [6.45, 7) is 2.17. The molecular formula is C19H18Cl2N2O. The van der Waals surface area contributed by atoms with E-state index < -0.39 is 6.04 Å². The first-order valence-electron chi connectivity index (χ1n) is 7.72. The fourth-order valence-electron chi connectivity index (χ4n) is 2.90. The maximum Gasteiger partial charge on any atom is 0.146 e. The number of aromatic nitrogens is 1. The molecule has 0 aliphatic carbocycles. The van der Waals surface area contributed by atoms with E-state index in [1.807, 2.05) is 24.3 Å². The number of halogens is 2. The van der Waals surface area contributed by atoms with E-state index in [0.717, 1.165) is 22.0 Å². The standard InChI is InChI=1S/C19H18Cl2N2O/c1-12(24)18(22)8-14-11-23(19-5-3-2-4-17(14)19)10-13-6-15(20)9-16(21)7-13/h2-7,9,11,18H,8,10,22H2,1H3/t18-/m0/s1. The topological polar surface area (TPSA) is 48.0 Å². The van der Waals surface area contributed by atoms with Crippen molar-refractivity contribution in [2.45, 2.75) is 25.9 Å². The molecule has 5 heteroatoms. The Hall–Kier alpha value is -1.81. The van der Waals surface area contributed by atoms with E-state index in [4.69, 9.17) is 28.9 Å². The summed E-state index contributed by atoms with van der Waals surface area (Å²) >= 11 is 12.2. The summed E-state index contributed by atoms with van der Waals surface area (Å²) in [4.78, 5) is 11.5. The Bertz CT molecular complexity index is 881. The van der Waals surface area contributed by atoms with Crippen LogP contribution in [0.3, 0.4) is 0 Å². The molecule has 3 nitrogen and oxygen atoms in total. The van der Waals surface area contributed by atoms with Crippen molar-refractivity contribution in [2.75, 3.05) is 0 Å². The molecule has 0 spiro atoms. The van der Waals surface area contributed by atoms with Crippen molar-refractivity contribution in [3.63, 3.8) is 0 Å². The number of hydrogen-bond donors (Lipinski definition) is 1. The number of ketones is 1. The van der Waals surface area contributed by atoms with Gasteiger partial charge in [0.05, 0.1) is 6.04 Å². The number of para-hydroxylation sites is 1. The van der Waals surface area contributed by atoms with Crippen LogP contribution in [0.4, 0.5) is 0 Å². The summed E-state index contributed by atoms with van der Waals surface area (Å²) in [7, 11) is 0. The molecule has 0 aliphatic rings. The number of fused-ring (bicyclic) bond motifs is 1. The number of rotatable bonds is 5. The second kappa shape index (κ2) is 6.98. The van der Waals surface area contributed by atoms with Gasteiger partial charge in [0.2, 0.25) is 0 Å². The minimum Gasteiger partial charge on any atom is -0.343 e. The van der Waals surface area contributed by atoms with Crippen LogP contribution in [0.5, 0.6) is 0 Å². The Labute approximate surface area is 151 Å². The molecule has 1 aromatic heterocycles. The molecule has 0 fully saturated rings. The second-order valence-corrected chi connectivity index (χ2v) is 6.87. The number of Topliss-reactive ketones (excluding diaryl/α,β-unsaturated/α-hetero) is 1. The van der Waals surface area contributed by atoms with Gasteiger partial charge in [-0.15, -0.1) is 0 Å². The molecule has 0 amide bonds.